The first-order valence-electron chi connectivity index (χ1n) is 8.84. The maximum absolute atomic E-state index is 12.6. The molecular formula is C19H23N3O4S. The summed E-state index contributed by atoms with van der Waals surface area (Å²) >= 11 is 1.33. The summed E-state index contributed by atoms with van der Waals surface area (Å²) in [5.74, 6) is -1.21. The van der Waals surface area contributed by atoms with Crippen LogP contribution >= 0.6 is 11.3 Å². The SMILES string of the molecule is Nc1nc(CCC(=O)N2CC[C@@H](O)[C@](Cc3ccccc3)(C(=O)O)C2)cs1. The Hall–Kier alpha value is -2.45. The lowest BCUT2D eigenvalue weighted by Gasteiger charge is -2.43. The molecule has 1 saturated heterocycles. The van der Waals surface area contributed by atoms with Gasteiger partial charge in [0.2, 0.25) is 5.91 Å². The molecule has 0 bridgehead atoms. The van der Waals surface area contributed by atoms with Gasteiger partial charge in [-0.1, -0.05) is 30.3 Å². The predicted molar refractivity (Wildman–Crippen MR) is 102 cm³/mol. The molecule has 3 rings (SSSR count). The molecule has 1 fully saturated rings. The number of aliphatic hydroxyl groups is 1. The van der Waals surface area contributed by atoms with Gasteiger partial charge in [-0.05, 0) is 24.8 Å². The van der Waals surface area contributed by atoms with Gasteiger partial charge in [0.25, 0.3) is 0 Å². The second-order valence-corrected chi connectivity index (χ2v) is 7.81. The molecule has 0 radical (unpaired) electrons. The average Bonchev–Trinajstić information content (AvgIpc) is 3.07. The van der Waals surface area contributed by atoms with Gasteiger partial charge < -0.3 is 20.8 Å². The van der Waals surface area contributed by atoms with Crippen molar-refractivity contribution in [3.63, 3.8) is 0 Å². The van der Waals surface area contributed by atoms with Gasteiger partial charge in [-0.2, -0.15) is 0 Å². The number of hydrogen-bond acceptors (Lipinski definition) is 6. The van der Waals surface area contributed by atoms with E-state index in [1.807, 2.05) is 35.7 Å². The highest BCUT2D eigenvalue weighted by molar-refractivity contribution is 7.13. The maximum atomic E-state index is 12.6. The molecule has 2 aromatic rings. The fraction of sp³-hybridized carbons (Fsp3) is 0.421. The third kappa shape index (κ3) is 4.28. The largest absolute Gasteiger partial charge is 0.481 e. The van der Waals surface area contributed by atoms with Crippen LogP contribution in [0, 0.1) is 5.41 Å². The molecule has 0 aliphatic carbocycles. The lowest BCUT2D eigenvalue weighted by molar-refractivity contribution is -0.165. The quantitative estimate of drug-likeness (QED) is 0.690. The molecule has 1 amide bonds. The van der Waals surface area contributed by atoms with Crippen LogP contribution < -0.4 is 5.73 Å². The fourth-order valence-electron chi connectivity index (χ4n) is 3.54. The van der Waals surface area contributed by atoms with Crippen molar-refractivity contribution >= 4 is 28.3 Å². The summed E-state index contributed by atoms with van der Waals surface area (Å²) in [4.78, 5) is 30.5. The van der Waals surface area contributed by atoms with Gasteiger partial charge in [-0.15, -0.1) is 11.3 Å². The van der Waals surface area contributed by atoms with Crippen molar-refractivity contribution in [3.05, 3.63) is 47.0 Å². The maximum Gasteiger partial charge on any atom is 0.314 e. The van der Waals surface area contributed by atoms with Crippen molar-refractivity contribution < 1.29 is 19.8 Å². The van der Waals surface area contributed by atoms with Crippen LogP contribution in [-0.4, -0.2) is 51.2 Å². The number of thiazole rings is 1. The number of likely N-dealkylation sites (tertiary alicyclic amines) is 1. The number of aliphatic hydroxyl groups excluding tert-OH is 1. The van der Waals surface area contributed by atoms with E-state index < -0.39 is 17.5 Å². The van der Waals surface area contributed by atoms with Crippen molar-refractivity contribution in [1.29, 1.82) is 0 Å². The number of benzene rings is 1. The second kappa shape index (κ2) is 8.06. The summed E-state index contributed by atoms with van der Waals surface area (Å²) in [6.07, 6.45) is 0.119. The Bertz CT molecular complexity index is 810. The van der Waals surface area contributed by atoms with Crippen LogP contribution in [0.1, 0.15) is 24.1 Å². The number of amides is 1. The van der Waals surface area contributed by atoms with Gasteiger partial charge in [0.05, 0.1) is 11.8 Å². The number of piperidine rings is 1. The number of hydrogen-bond donors (Lipinski definition) is 3. The van der Waals surface area contributed by atoms with E-state index in [2.05, 4.69) is 4.98 Å². The molecule has 7 nitrogen and oxygen atoms in total. The Morgan fingerprint density at radius 1 is 1.33 bits per heavy atom. The van der Waals surface area contributed by atoms with Gasteiger partial charge in [-0.3, -0.25) is 9.59 Å². The number of nitrogens with two attached hydrogens (primary N) is 1. The van der Waals surface area contributed by atoms with Crippen LogP contribution in [0.15, 0.2) is 35.7 Å². The summed E-state index contributed by atoms with van der Waals surface area (Å²) in [6.45, 7) is 0.347. The number of carboxylic acid groups (broad SMARTS) is 1. The van der Waals surface area contributed by atoms with Gasteiger partial charge >= 0.3 is 5.97 Å². The number of carbonyl (C=O) groups excluding carboxylic acids is 1. The average molecular weight is 389 g/mol. The van der Waals surface area contributed by atoms with E-state index in [4.69, 9.17) is 5.73 Å². The summed E-state index contributed by atoms with van der Waals surface area (Å²) in [7, 11) is 0. The van der Waals surface area contributed by atoms with Crippen molar-refractivity contribution in [3.8, 4) is 0 Å². The topological polar surface area (TPSA) is 117 Å². The number of nitrogen functional groups attached to an aromatic ring is 1. The third-order valence-electron chi connectivity index (χ3n) is 5.09. The summed E-state index contributed by atoms with van der Waals surface area (Å²) in [5.41, 5.74) is 5.79. The molecule has 1 aromatic carbocycles. The lowest BCUT2D eigenvalue weighted by Crippen LogP contribution is -2.58. The molecule has 144 valence electrons. The lowest BCUT2D eigenvalue weighted by atomic mass is 9.72. The highest BCUT2D eigenvalue weighted by atomic mass is 32.1. The Morgan fingerprint density at radius 2 is 2.07 bits per heavy atom. The molecule has 4 N–H and O–H groups in total. The first kappa shape index (κ1) is 19.3. The first-order valence-corrected chi connectivity index (χ1v) is 9.72. The molecule has 1 aromatic heterocycles. The van der Waals surface area contributed by atoms with Crippen LogP contribution in [-0.2, 0) is 22.4 Å². The number of carboxylic acids is 1. The number of aromatic nitrogens is 1. The zero-order valence-corrected chi connectivity index (χ0v) is 15.7. The number of aryl methyl sites for hydroxylation is 1. The van der Waals surface area contributed by atoms with E-state index in [1.54, 1.807) is 4.90 Å². The van der Waals surface area contributed by atoms with Crippen LogP contribution in [0.4, 0.5) is 5.13 Å². The first-order chi connectivity index (χ1) is 12.9. The second-order valence-electron chi connectivity index (χ2n) is 6.92. The Labute approximate surface area is 161 Å². The number of aliphatic carboxylic acids is 1. The number of anilines is 1. The van der Waals surface area contributed by atoms with Crippen molar-refractivity contribution in [1.82, 2.24) is 9.88 Å². The van der Waals surface area contributed by atoms with Crippen molar-refractivity contribution in [2.75, 3.05) is 18.8 Å². The Balaban J connectivity index is 1.72. The smallest absolute Gasteiger partial charge is 0.314 e. The zero-order chi connectivity index (χ0) is 19.4. The molecule has 1 aliphatic rings. The van der Waals surface area contributed by atoms with Gasteiger partial charge in [-0.25, -0.2) is 4.98 Å². The van der Waals surface area contributed by atoms with E-state index in [1.165, 1.54) is 11.3 Å². The number of carbonyl (C=O) groups is 2. The Kier molecular flexibility index (Phi) is 5.76. The van der Waals surface area contributed by atoms with Crippen LogP contribution in [0.2, 0.25) is 0 Å². The summed E-state index contributed by atoms with van der Waals surface area (Å²) < 4.78 is 0. The van der Waals surface area contributed by atoms with E-state index in [0.29, 0.717) is 18.1 Å². The fourth-order valence-corrected chi connectivity index (χ4v) is 4.14. The molecule has 8 heteroatoms. The van der Waals surface area contributed by atoms with Gasteiger partial charge in [0, 0.05) is 24.9 Å². The highest BCUT2D eigenvalue weighted by Crippen LogP contribution is 2.35. The summed E-state index contributed by atoms with van der Waals surface area (Å²) in [5, 5.41) is 22.7. The van der Waals surface area contributed by atoms with E-state index in [0.717, 1.165) is 11.3 Å². The number of rotatable bonds is 6. The van der Waals surface area contributed by atoms with E-state index >= 15 is 0 Å². The van der Waals surface area contributed by atoms with Crippen molar-refractivity contribution in [2.45, 2.75) is 31.8 Å². The zero-order valence-electron chi connectivity index (χ0n) is 14.9. The van der Waals surface area contributed by atoms with E-state index in [-0.39, 0.29) is 31.7 Å². The van der Waals surface area contributed by atoms with E-state index in [9.17, 15) is 19.8 Å². The molecular weight excluding hydrogens is 366 g/mol. The molecule has 1 aliphatic heterocycles. The minimum Gasteiger partial charge on any atom is -0.481 e. The minimum atomic E-state index is -1.40. The number of nitrogens with zero attached hydrogens (tertiary/aromatic N) is 2. The molecule has 0 saturated carbocycles. The summed E-state index contributed by atoms with van der Waals surface area (Å²) in [6, 6.07) is 9.20. The van der Waals surface area contributed by atoms with Crippen LogP contribution in [0.5, 0.6) is 0 Å². The highest BCUT2D eigenvalue weighted by Gasteiger charge is 2.50. The van der Waals surface area contributed by atoms with Crippen LogP contribution in [0.25, 0.3) is 0 Å². The van der Waals surface area contributed by atoms with Gasteiger partial charge in [0.1, 0.15) is 5.41 Å². The normalized spacial score (nSPS) is 22.6. The predicted octanol–water partition coefficient (Wildman–Crippen LogP) is 1.56. The molecule has 27 heavy (non-hydrogen) atoms. The monoisotopic (exact) mass is 389 g/mol. The minimum absolute atomic E-state index is 0.00354. The van der Waals surface area contributed by atoms with Crippen LogP contribution in [0.3, 0.4) is 0 Å². The standard InChI is InChI=1S/C19H23N3O4S/c20-18-21-14(11-27-18)6-7-16(24)22-9-8-15(23)19(12-22,17(25)26)10-13-4-2-1-3-5-13/h1-5,11,15,23H,6-10,12H2,(H2,20,21)(H,25,26)/t15-,19-/m1/s1. The molecule has 2 atom stereocenters. The van der Waals surface area contributed by atoms with Gasteiger partial charge in [0.15, 0.2) is 5.13 Å². The third-order valence-corrected chi connectivity index (χ3v) is 5.81. The van der Waals surface area contributed by atoms with Crippen molar-refractivity contribution in [2.24, 2.45) is 5.41 Å². The Morgan fingerprint density at radius 3 is 2.70 bits per heavy atom. The molecule has 0 spiro atoms. The molecule has 2 heterocycles. The molecule has 0 unspecified atom stereocenters.